The van der Waals surface area contributed by atoms with E-state index in [9.17, 15) is 0 Å². The van der Waals surface area contributed by atoms with E-state index in [1.54, 1.807) is 0 Å². The van der Waals surface area contributed by atoms with Gasteiger partial charge >= 0.3 is 0 Å². The first-order valence-electron chi connectivity index (χ1n) is 13.1. The zero-order valence-corrected chi connectivity index (χ0v) is 21.0. The molecular formula is C36H26O. The van der Waals surface area contributed by atoms with E-state index >= 15 is 0 Å². The Morgan fingerprint density at radius 1 is 0.568 bits per heavy atom. The highest BCUT2D eigenvalue weighted by atomic mass is 16.3. The van der Waals surface area contributed by atoms with Gasteiger partial charge in [0.05, 0.1) is 0 Å². The third-order valence-corrected chi connectivity index (χ3v) is 8.46. The van der Waals surface area contributed by atoms with Crippen LogP contribution in [0.15, 0.2) is 114 Å². The highest BCUT2D eigenvalue weighted by molar-refractivity contribution is 6.18. The Morgan fingerprint density at radius 2 is 1.22 bits per heavy atom. The summed E-state index contributed by atoms with van der Waals surface area (Å²) in [6.45, 7) is 4.71. The number of fused-ring (bicyclic) bond motifs is 10. The van der Waals surface area contributed by atoms with E-state index in [1.165, 1.54) is 65.7 Å². The molecule has 0 aliphatic heterocycles. The average molecular weight is 475 g/mol. The van der Waals surface area contributed by atoms with E-state index in [0.29, 0.717) is 0 Å². The first kappa shape index (κ1) is 20.8. The number of hydrogen-bond acceptors (Lipinski definition) is 1. The van der Waals surface area contributed by atoms with Gasteiger partial charge in [-0.1, -0.05) is 105 Å². The van der Waals surface area contributed by atoms with E-state index in [0.717, 1.165) is 17.6 Å². The largest absolute Gasteiger partial charge is 0.456 e. The summed E-state index contributed by atoms with van der Waals surface area (Å²) in [5.74, 6) is 0. The lowest BCUT2D eigenvalue weighted by Gasteiger charge is -2.21. The van der Waals surface area contributed by atoms with Gasteiger partial charge in [0.15, 0.2) is 0 Å². The monoisotopic (exact) mass is 474 g/mol. The van der Waals surface area contributed by atoms with Crippen molar-refractivity contribution >= 4 is 43.5 Å². The van der Waals surface area contributed by atoms with Crippen molar-refractivity contribution in [3.8, 4) is 11.1 Å². The second-order valence-corrected chi connectivity index (χ2v) is 11.0. The molecule has 0 bridgehead atoms. The van der Waals surface area contributed by atoms with E-state index in [2.05, 4.69) is 123 Å². The van der Waals surface area contributed by atoms with Crippen LogP contribution in [0.25, 0.3) is 54.6 Å². The molecule has 0 saturated carbocycles. The molecule has 37 heavy (non-hydrogen) atoms. The first-order chi connectivity index (χ1) is 18.1. The summed E-state index contributed by atoms with van der Waals surface area (Å²) in [4.78, 5) is 0. The van der Waals surface area contributed by atoms with Crippen molar-refractivity contribution in [3.63, 3.8) is 0 Å². The molecule has 6 aromatic carbocycles. The maximum absolute atomic E-state index is 6.23. The van der Waals surface area contributed by atoms with Gasteiger partial charge in [-0.05, 0) is 79.5 Å². The third-order valence-electron chi connectivity index (χ3n) is 8.46. The van der Waals surface area contributed by atoms with Crippen LogP contribution in [0.1, 0.15) is 36.1 Å². The van der Waals surface area contributed by atoms with Crippen molar-refractivity contribution < 1.29 is 4.42 Å². The fraction of sp³-hybridized carbons (Fsp3) is 0.111. The Balaban J connectivity index is 1.27. The van der Waals surface area contributed by atoms with Gasteiger partial charge < -0.3 is 4.42 Å². The maximum Gasteiger partial charge on any atom is 0.136 e. The van der Waals surface area contributed by atoms with E-state index in [-0.39, 0.29) is 5.41 Å². The van der Waals surface area contributed by atoms with Crippen molar-refractivity contribution in [1.82, 2.24) is 0 Å². The predicted molar refractivity (Wildman–Crippen MR) is 156 cm³/mol. The molecule has 1 aromatic heterocycles. The molecule has 0 unspecified atom stereocenters. The van der Waals surface area contributed by atoms with Crippen LogP contribution in [0.2, 0.25) is 0 Å². The normalized spacial score (nSPS) is 14.0. The van der Waals surface area contributed by atoms with E-state index in [4.69, 9.17) is 4.42 Å². The molecule has 0 atom stereocenters. The Hall–Kier alpha value is -4.36. The zero-order chi connectivity index (χ0) is 24.7. The highest BCUT2D eigenvalue weighted by Crippen LogP contribution is 2.51. The molecule has 1 aliphatic rings. The molecule has 176 valence electrons. The Labute approximate surface area is 216 Å². The van der Waals surface area contributed by atoms with Crippen LogP contribution < -0.4 is 0 Å². The first-order valence-corrected chi connectivity index (χ1v) is 13.1. The SMILES string of the molecule is CC1(C)c2ccc(Cc3ccc4oc5ccc6ccccc6c5c4c3)cc2-c2c1ccc1ccccc21. The predicted octanol–water partition coefficient (Wildman–Crippen LogP) is 9.79. The molecule has 1 heteroatoms. The average Bonchev–Trinajstić information content (AvgIpc) is 3.41. The van der Waals surface area contributed by atoms with Crippen LogP contribution in [-0.2, 0) is 11.8 Å². The minimum absolute atomic E-state index is 0.00288. The van der Waals surface area contributed by atoms with Crippen molar-refractivity contribution in [3.05, 3.63) is 131 Å². The van der Waals surface area contributed by atoms with Gasteiger partial charge in [0.1, 0.15) is 11.2 Å². The fourth-order valence-corrected chi connectivity index (χ4v) is 6.62. The van der Waals surface area contributed by atoms with Crippen LogP contribution in [-0.4, -0.2) is 0 Å². The third kappa shape index (κ3) is 2.92. The number of hydrogen-bond donors (Lipinski definition) is 0. The van der Waals surface area contributed by atoms with Crippen LogP contribution in [0.5, 0.6) is 0 Å². The summed E-state index contributed by atoms with van der Waals surface area (Å²) >= 11 is 0. The number of furan rings is 1. The zero-order valence-electron chi connectivity index (χ0n) is 21.0. The van der Waals surface area contributed by atoms with E-state index < -0.39 is 0 Å². The molecular weight excluding hydrogens is 448 g/mol. The fourth-order valence-electron chi connectivity index (χ4n) is 6.62. The molecule has 8 rings (SSSR count). The number of benzene rings is 6. The lowest BCUT2D eigenvalue weighted by Crippen LogP contribution is -2.14. The molecule has 1 nitrogen and oxygen atoms in total. The minimum Gasteiger partial charge on any atom is -0.456 e. The summed E-state index contributed by atoms with van der Waals surface area (Å²) in [7, 11) is 0. The smallest absolute Gasteiger partial charge is 0.136 e. The summed E-state index contributed by atoms with van der Waals surface area (Å²) in [5.41, 5.74) is 10.2. The maximum atomic E-state index is 6.23. The van der Waals surface area contributed by atoms with Gasteiger partial charge in [-0.15, -0.1) is 0 Å². The van der Waals surface area contributed by atoms with Gasteiger partial charge in [-0.25, -0.2) is 0 Å². The molecule has 0 amide bonds. The molecule has 0 N–H and O–H groups in total. The molecule has 1 heterocycles. The summed E-state index contributed by atoms with van der Waals surface area (Å²) in [5, 5.41) is 7.56. The standard InChI is InChI=1S/C36H26O/c1-36(2)30-15-11-22(20-28(30)34-26-9-5-3-7-24(26)13-16-31(34)36)19-23-12-17-32-29(21-23)35-27-10-6-4-8-25(27)14-18-33(35)37-32/h3-18,20-21H,19H2,1-2H3. The van der Waals surface area contributed by atoms with Crippen LogP contribution in [0.4, 0.5) is 0 Å². The van der Waals surface area contributed by atoms with Gasteiger partial charge in [0.2, 0.25) is 0 Å². The van der Waals surface area contributed by atoms with Crippen molar-refractivity contribution in [2.75, 3.05) is 0 Å². The lowest BCUT2D eigenvalue weighted by atomic mass is 9.82. The molecule has 0 spiro atoms. The van der Waals surface area contributed by atoms with Gasteiger partial charge in [-0.2, -0.15) is 0 Å². The van der Waals surface area contributed by atoms with Gasteiger partial charge in [0.25, 0.3) is 0 Å². The molecule has 0 saturated heterocycles. The molecule has 7 aromatic rings. The quantitative estimate of drug-likeness (QED) is 0.243. The van der Waals surface area contributed by atoms with Crippen molar-refractivity contribution in [1.29, 1.82) is 0 Å². The molecule has 1 aliphatic carbocycles. The topological polar surface area (TPSA) is 13.1 Å². The summed E-state index contributed by atoms with van der Waals surface area (Å²) in [6, 6.07) is 40.0. The van der Waals surface area contributed by atoms with Gasteiger partial charge in [-0.3, -0.25) is 0 Å². The number of rotatable bonds is 2. The van der Waals surface area contributed by atoms with Crippen LogP contribution in [0, 0.1) is 0 Å². The van der Waals surface area contributed by atoms with Crippen LogP contribution >= 0.6 is 0 Å². The Bertz CT molecular complexity index is 2040. The second kappa shape index (κ2) is 7.33. The second-order valence-electron chi connectivity index (χ2n) is 11.0. The molecule has 0 fully saturated rings. The van der Waals surface area contributed by atoms with Gasteiger partial charge in [0, 0.05) is 16.2 Å². The van der Waals surface area contributed by atoms with E-state index in [1.807, 2.05) is 0 Å². The highest BCUT2D eigenvalue weighted by Gasteiger charge is 2.36. The minimum atomic E-state index is 0.00288. The molecule has 0 radical (unpaired) electrons. The summed E-state index contributed by atoms with van der Waals surface area (Å²) in [6.07, 6.45) is 0.890. The van der Waals surface area contributed by atoms with Crippen molar-refractivity contribution in [2.24, 2.45) is 0 Å². The Morgan fingerprint density at radius 3 is 2.08 bits per heavy atom. The van der Waals surface area contributed by atoms with Crippen molar-refractivity contribution in [2.45, 2.75) is 25.7 Å². The summed E-state index contributed by atoms with van der Waals surface area (Å²) < 4.78 is 6.23. The lowest BCUT2D eigenvalue weighted by molar-refractivity contribution is 0.660. The Kier molecular flexibility index (Phi) is 4.12. The van der Waals surface area contributed by atoms with Crippen LogP contribution in [0.3, 0.4) is 0 Å².